The molecule has 0 aromatic heterocycles. The number of phosphoric acid groups is 2. The second-order valence-electron chi connectivity index (χ2n) is 30.3. The molecule has 1 heterocycles. The number of hydrogen-bond acceptors (Lipinski definition) is 12. The normalized spacial score (nSPS) is 20.4. The summed E-state index contributed by atoms with van der Waals surface area (Å²) in [4.78, 5) is 36.6. The van der Waals surface area contributed by atoms with Gasteiger partial charge >= 0.3 is 0 Å². The number of amides is 1. The highest BCUT2D eigenvalue weighted by molar-refractivity contribution is 7.59. The van der Waals surface area contributed by atoms with Gasteiger partial charge in [0.05, 0.1) is 13.2 Å². The van der Waals surface area contributed by atoms with Crippen molar-refractivity contribution in [3.05, 3.63) is 175 Å². The lowest BCUT2D eigenvalue weighted by atomic mass is 9.97. The van der Waals surface area contributed by atoms with Crippen molar-refractivity contribution in [3.63, 3.8) is 0 Å². The molecule has 1 aliphatic heterocycles. The average Bonchev–Trinajstić information content (AvgIpc) is 0.794. The first-order chi connectivity index (χ1) is 48.7. The standard InChI is InChI=1S/C88H147NO12P2/c1-67(2)34-19-35-68(3)36-20-37-69(4)38-21-39-70(5)40-22-41-71(6)42-23-43-72(7)44-24-45-73(8)46-25-47-74(9)48-26-49-75(10)50-27-51-76(11)52-28-53-77(12)54-29-55-78(13)56-30-57-79(14)58-31-59-80(15)60-32-61-81(16)62-33-63-82(17)64-65-98-102(94,95)101-103(96,97)100-88-85(89-83(18)91)87(93)86(92)84(66-90)99-88/h34,36,38,40,42,44,46,48,50,52,54,56,58,60,62,82,84-88,90,92-93H,19-33,35,37,39,41,43,45,47,49,51,53,55,57,59,61,63-66H2,1-18H3,(H,89,91)(H,94,95)(H,96,97)/p-2/b68-36+,69-38+,70-40-,71-42-,72-44-,73-46-,74-48-,75-50-,76-52-,77-54-,78-56-,79-58-,80-60-,81-62-/t82?,84-,85-,86-,87-,88-/m1/s1. The minimum atomic E-state index is -5.72. The number of phosphoric ester groups is 2. The molecule has 0 saturated carbocycles. The zero-order valence-electron chi connectivity index (χ0n) is 67.9. The summed E-state index contributed by atoms with van der Waals surface area (Å²) in [6, 6.07) is -1.63. The van der Waals surface area contributed by atoms with Crippen LogP contribution in [-0.4, -0.2) is 65.1 Å². The van der Waals surface area contributed by atoms with Gasteiger partial charge in [-0.05, 0) is 316 Å². The monoisotopic (exact) mass is 1470 g/mol. The highest BCUT2D eigenvalue weighted by Gasteiger charge is 2.47. The fourth-order valence-electron chi connectivity index (χ4n) is 12.1. The van der Waals surface area contributed by atoms with Gasteiger partial charge in [0.15, 0.2) is 6.29 Å². The lowest BCUT2D eigenvalue weighted by Gasteiger charge is -2.44. The number of ether oxygens (including phenoxy) is 1. The summed E-state index contributed by atoms with van der Waals surface area (Å²) < 4.78 is 43.9. The molecule has 103 heavy (non-hydrogen) atoms. The van der Waals surface area contributed by atoms with Crippen molar-refractivity contribution in [2.24, 2.45) is 5.92 Å². The van der Waals surface area contributed by atoms with E-state index in [1.165, 1.54) is 103 Å². The first-order valence-electron chi connectivity index (χ1n) is 39.1. The minimum Gasteiger partial charge on any atom is -0.756 e. The molecule has 13 nitrogen and oxygen atoms in total. The molecule has 15 heteroatoms. The van der Waals surface area contributed by atoms with Crippen molar-refractivity contribution in [2.45, 2.75) is 354 Å². The molecule has 3 unspecified atom stereocenters. The molecular formula is C88H145NO12P2-2. The molecule has 4 N–H and O–H groups in total. The lowest BCUT2D eigenvalue weighted by Crippen LogP contribution is -2.64. The van der Waals surface area contributed by atoms with E-state index in [9.17, 15) is 39.0 Å². The number of aliphatic hydroxyl groups is 3. The second-order valence-corrected chi connectivity index (χ2v) is 33.3. The third-order valence-corrected chi connectivity index (χ3v) is 21.8. The molecule has 586 valence electrons. The van der Waals surface area contributed by atoms with Gasteiger partial charge in [0.2, 0.25) is 5.91 Å². The lowest BCUT2D eigenvalue weighted by molar-refractivity contribution is -0.284. The predicted molar refractivity (Wildman–Crippen MR) is 433 cm³/mol. The van der Waals surface area contributed by atoms with Crippen molar-refractivity contribution in [3.8, 4) is 0 Å². The molecule has 0 radical (unpaired) electrons. The van der Waals surface area contributed by atoms with Crippen LogP contribution in [0.25, 0.3) is 0 Å². The van der Waals surface area contributed by atoms with E-state index in [0.717, 1.165) is 180 Å². The molecule has 1 saturated heterocycles. The van der Waals surface area contributed by atoms with Gasteiger partial charge in [-0.3, -0.25) is 18.4 Å². The van der Waals surface area contributed by atoms with E-state index < -0.39 is 58.8 Å². The van der Waals surface area contributed by atoms with Gasteiger partial charge in [0.25, 0.3) is 15.6 Å². The third-order valence-electron chi connectivity index (χ3n) is 19.2. The maximum atomic E-state index is 12.5. The molecule has 8 atom stereocenters. The molecule has 0 spiro atoms. The number of hydrogen-bond donors (Lipinski definition) is 4. The molecule has 1 fully saturated rings. The van der Waals surface area contributed by atoms with E-state index >= 15 is 0 Å². The number of carbonyl (C=O) groups excluding carboxylic acids is 1. The molecule has 1 rings (SSSR count). The SMILES string of the molecule is CC(=O)N[C@H]1[C@@H](OP(=O)([O-])OP(=O)([O-])OCCC(C)CC/C=C(/C)CC/C=C(/C)CC/C=C(/C)CC/C=C(/C)CC/C=C(/C)CC/C=C(/C)CC/C=C(/C)CC/C=C(/C)CC/C=C(/C)CC/C=C(/C)CC/C=C(/C)CC/C=C(/C)CC/C=C(\C)CC/C=C(\C)CCC=C(C)C)O[C@H](CO)[C@@H](O)[C@@H]1O. The first kappa shape index (κ1) is 96.7. The fraction of sp³-hybridized carbons (Fsp3) is 0.648. The summed E-state index contributed by atoms with van der Waals surface area (Å²) in [6.45, 7) is 37.9. The molecule has 0 aromatic rings. The summed E-state index contributed by atoms with van der Waals surface area (Å²) in [6.07, 6.45) is 62.2. The number of aliphatic hydroxyl groups excluding tert-OH is 3. The van der Waals surface area contributed by atoms with E-state index in [1.54, 1.807) is 0 Å². The van der Waals surface area contributed by atoms with Gasteiger partial charge in [-0.2, -0.15) is 0 Å². The quantitative estimate of drug-likeness (QED) is 0.0331. The van der Waals surface area contributed by atoms with Crippen LogP contribution >= 0.6 is 15.6 Å². The first-order valence-corrected chi connectivity index (χ1v) is 42.0. The smallest absolute Gasteiger partial charge is 0.276 e. The largest absolute Gasteiger partial charge is 0.756 e. The number of rotatable bonds is 55. The summed E-state index contributed by atoms with van der Waals surface area (Å²) >= 11 is 0. The summed E-state index contributed by atoms with van der Waals surface area (Å²) in [7, 11) is -11.1. The van der Waals surface area contributed by atoms with Crippen molar-refractivity contribution < 1.29 is 57.1 Å². The fourth-order valence-corrected chi connectivity index (χ4v) is 14.2. The summed E-state index contributed by atoms with van der Waals surface area (Å²) in [5, 5.41) is 32.1. The van der Waals surface area contributed by atoms with Crippen molar-refractivity contribution in [1.82, 2.24) is 5.32 Å². The Kier molecular flexibility index (Phi) is 53.4. The van der Waals surface area contributed by atoms with E-state index in [4.69, 9.17) is 13.8 Å². The average molecular weight is 1470 g/mol. The zero-order chi connectivity index (χ0) is 77.2. The van der Waals surface area contributed by atoms with Crippen LogP contribution < -0.4 is 15.1 Å². The Bertz CT molecular complexity index is 3060. The third kappa shape index (κ3) is 53.2. The Morgan fingerprint density at radius 1 is 0.388 bits per heavy atom. The Balaban J connectivity index is 2.27. The molecule has 0 aliphatic carbocycles. The highest BCUT2D eigenvalue weighted by Crippen LogP contribution is 2.57. The Hall–Kier alpha value is -4.33. The van der Waals surface area contributed by atoms with Crippen molar-refractivity contribution in [1.29, 1.82) is 0 Å². The molecule has 1 aliphatic rings. The van der Waals surface area contributed by atoms with E-state index in [0.29, 0.717) is 6.42 Å². The molecule has 0 bridgehead atoms. The van der Waals surface area contributed by atoms with Crippen LogP contribution in [0.15, 0.2) is 175 Å². The topological polar surface area (TPSA) is 207 Å². The van der Waals surface area contributed by atoms with Crippen molar-refractivity contribution >= 4 is 21.6 Å². The van der Waals surface area contributed by atoms with Gasteiger partial charge in [0.1, 0.15) is 24.4 Å². The van der Waals surface area contributed by atoms with E-state index in [-0.39, 0.29) is 12.5 Å². The highest BCUT2D eigenvalue weighted by atomic mass is 31.3. The van der Waals surface area contributed by atoms with Crippen LogP contribution in [0.3, 0.4) is 0 Å². The number of nitrogens with one attached hydrogen (secondary N) is 1. The van der Waals surface area contributed by atoms with Crippen LogP contribution in [0.4, 0.5) is 0 Å². The van der Waals surface area contributed by atoms with Gasteiger partial charge in [-0.15, -0.1) is 0 Å². The van der Waals surface area contributed by atoms with E-state index in [1.807, 2.05) is 6.92 Å². The van der Waals surface area contributed by atoms with Gasteiger partial charge in [0, 0.05) is 6.92 Å². The van der Waals surface area contributed by atoms with Crippen LogP contribution in [0, 0.1) is 5.92 Å². The minimum absolute atomic E-state index is 0.0546. The molecule has 0 aromatic carbocycles. The van der Waals surface area contributed by atoms with Gasteiger partial charge in [-0.1, -0.05) is 182 Å². The maximum absolute atomic E-state index is 12.5. The molecular weight excluding hydrogens is 1320 g/mol. The zero-order valence-corrected chi connectivity index (χ0v) is 69.7. The van der Waals surface area contributed by atoms with E-state index in [2.05, 4.69) is 212 Å². The Morgan fingerprint density at radius 2 is 0.631 bits per heavy atom. The van der Waals surface area contributed by atoms with Crippen LogP contribution in [0.2, 0.25) is 0 Å². The van der Waals surface area contributed by atoms with Crippen molar-refractivity contribution in [2.75, 3.05) is 13.2 Å². The molecule has 1 amide bonds. The Labute approximate surface area is 628 Å². The predicted octanol–water partition coefficient (Wildman–Crippen LogP) is 23.9. The van der Waals surface area contributed by atoms with Gasteiger partial charge < -0.3 is 39.7 Å². The maximum Gasteiger partial charge on any atom is 0.276 e. The summed E-state index contributed by atoms with van der Waals surface area (Å²) in [5.41, 5.74) is 22.1. The van der Waals surface area contributed by atoms with Crippen LogP contribution in [-0.2, 0) is 32.0 Å². The number of allylic oxidation sites excluding steroid dienone is 30. The van der Waals surface area contributed by atoms with Crippen LogP contribution in [0.1, 0.15) is 324 Å². The van der Waals surface area contributed by atoms with Gasteiger partial charge in [-0.25, -0.2) is 4.31 Å². The van der Waals surface area contributed by atoms with Crippen LogP contribution in [0.5, 0.6) is 0 Å². The summed E-state index contributed by atoms with van der Waals surface area (Å²) in [5.74, 6) is -0.679. The Morgan fingerprint density at radius 3 is 0.864 bits per heavy atom. The second kappa shape index (κ2) is 56.9. The number of carbonyl (C=O) groups is 1.